The standard InChI is InChI=1S/C14H20O6/c1-17-13-3-2-12(11-16)10-14(13)20-9-8-19-7-6-18-5-4-15/h2-3,10-11,15H,4-9H2,1H3. The van der Waals surface area contributed by atoms with Crippen molar-refractivity contribution in [3.05, 3.63) is 23.8 Å². The quantitative estimate of drug-likeness (QED) is 0.481. The molecule has 0 saturated carbocycles. The monoisotopic (exact) mass is 284 g/mol. The maximum absolute atomic E-state index is 10.7. The van der Waals surface area contributed by atoms with E-state index in [4.69, 9.17) is 24.1 Å². The normalized spacial score (nSPS) is 10.3. The number of carbonyl (C=O) groups is 1. The fourth-order valence-corrected chi connectivity index (χ4v) is 1.48. The number of rotatable bonds is 11. The molecule has 112 valence electrons. The number of methoxy groups -OCH3 is 1. The Labute approximate surface area is 118 Å². The van der Waals surface area contributed by atoms with Crippen LogP contribution in [-0.2, 0) is 9.47 Å². The predicted octanol–water partition coefficient (Wildman–Crippen LogP) is 0.912. The molecule has 1 rings (SSSR count). The molecule has 0 aliphatic rings. The third kappa shape index (κ3) is 6.01. The number of hydrogen-bond acceptors (Lipinski definition) is 6. The first kappa shape index (κ1) is 16.4. The van der Waals surface area contributed by atoms with Crippen LogP contribution < -0.4 is 9.47 Å². The van der Waals surface area contributed by atoms with Crippen molar-refractivity contribution in [1.82, 2.24) is 0 Å². The average molecular weight is 284 g/mol. The first-order chi connectivity index (χ1) is 9.81. The van der Waals surface area contributed by atoms with Crippen LogP contribution in [-0.4, -0.2) is 58.1 Å². The van der Waals surface area contributed by atoms with Crippen molar-refractivity contribution in [2.45, 2.75) is 0 Å². The summed E-state index contributed by atoms with van der Waals surface area (Å²) >= 11 is 0. The minimum Gasteiger partial charge on any atom is -0.493 e. The molecule has 1 aromatic rings. The van der Waals surface area contributed by atoms with Crippen molar-refractivity contribution in [2.75, 3.05) is 46.8 Å². The van der Waals surface area contributed by atoms with E-state index < -0.39 is 0 Å². The van der Waals surface area contributed by atoms with Crippen molar-refractivity contribution in [1.29, 1.82) is 0 Å². The summed E-state index contributed by atoms with van der Waals surface area (Å²) in [5, 5.41) is 8.50. The molecular weight excluding hydrogens is 264 g/mol. The van der Waals surface area contributed by atoms with Crippen molar-refractivity contribution in [2.24, 2.45) is 0 Å². The van der Waals surface area contributed by atoms with Crippen LogP contribution in [0, 0.1) is 0 Å². The van der Waals surface area contributed by atoms with E-state index in [0.717, 1.165) is 6.29 Å². The van der Waals surface area contributed by atoms with Crippen molar-refractivity contribution in [3.63, 3.8) is 0 Å². The van der Waals surface area contributed by atoms with Gasteiger partial charge in [-0.2, -0.15) is 0 Å². The summed E-state index contributed by atoms with van der Waals surface area (Å²) in [4.78, 5) is 10.7. The van der Waals surface area contributed by atoms with Gasteiger partial charge in [-0.25, -0.2) is 0 Å². The zero-order chi connectivity index (χ0) is 14.6. The molecule has 0 spiro atoms. The van der Waals surface area contributed by atoms with Crippen LogP contribution in [0.25, 0.3) is 0 Å². The summed E-state index contributed by atoms with van der Waals surface area (Å²) in [6.07, 6.45) is 0.751. The molecule has 6 nitrogen and oxygen atoms in total. The second-order valence-corrected chi connectivity index (χ2v) is 3.82. The average Bonchev–Trinajstić information content (AvgIpc) is 2.49. The van der Waals surface area contributed by atoms with Crippen LogP contribution in [0.2, 0.25) is 0 Å². The summed E-state index contributed by atoms with van der Waals surface area (Å²) in [6, 6.07) is 4.96. The fourth-order valence-electron chi connectivity index (χ4n) is 1.48. The number of aliphatic hydroxyl groups is 1. The van der Waals surface area contributed by atoms with E-state index in [1.54, 1.807) is 18.2 Å². The van der Waals surface area contributed by atoms with Gasteiger partial charge in [-0.15, -0.1) is 0 Å². The molecule has 0 amide bonds. The van der Waals surface area contributed by atoms with Crippen molar-refractivity contribution >= 4 is 6.29 Å². The van der Waals surface area contributed by atoms with E-state index in [1.807, 2.05) is 0 Å². The molecule has 1 aromatic carbocycles. The van der Waals surface area contributed by atoms with Gasteiger partial charge in [0.15, 0.2) is 11.5 Å². The SMILES string of the molecule is COc1ccc(C=O)cc1OCCOCCOCCO. The summed E-state index contributed by atoms with van der Waals surface area (Å²) in [5.74, 6) is 1.08. The van der Waals surface area contributed by atoms with Crippen LogP contribution in [0.3, 0.4) is 0 Å². The first-order valence-corrected chi connectivity index (χ1v) is 6.34. The Morgan fingerprint density at radius 1 is 1.05 bits per heavy atom. The Hall–Kier alpha value is -1.63. The van der Waals surface area contributed by atoms with E-state index in [1.165, 1.54) is 7.11 Å². The smallest absolute Gasteiger partial charge is 0.161 e. The molecule has 0 atom stereocenters. The molecule has 6 heteroatoms. The molecular formula is C14H20O6. The summed E-state index contributed by atoms with van der Waals surface area (Å²) in [7, 11) is 1.54. The highest BCUT2D eigenvalue weighted by Crippen LogP contribution is 2.27. The Kier molecular flexibility index (Phi) is 8.37. The van der Waals surface area contributed by atoms with Crippen LogP contribution >= 0.6 is 0 Å². The lowest BCUT2D eigenvalue weighted by molar-refractivity contribution is 0.0245. The zero-order valence-corrected chi connectivity index (χ0v) is 11.5. The number of hydrogen-bond donors (Lipinski definition) is 1. The number of aliphatic hydroxyl groups excluding tert-OH is 1. The highest BCUT2D eigenvalue weighted by molar-refractivity contribution is 5.76. The minimum absolute atomic E-state index is 0.00990. The summed E-state index contributed by atoms with van der Waals surface area (Å²) in [5.41, 5.74) is 0.527. The lowest BCUT2D eigenvalue weighted by Crippen LogP contribution is -2.12. The molecule has 0 aromatic heterocycles. The summed E-state index contributed by atoms with van der Waals surface area (Å²) in [6.45, 7) is 1.94. The van der Waals surface area contributed by atoms with Gasteiger partial charge in [-0.3, -0.25) is 4.79 Å². The Balaban J connectivity index is 2.25. The summed E-state index contributed by atoms with van der Waals surface area (Å²) < 4.78 is 21.0. The van der Waals surface area contributed by atoms with Crippen molar-refractivity contribution < 1.29 is 28.8 Å². The van der Waals surface area contributed by atoms with Gasteiger partial charge in [0.05, 0.1) is 40.1 Å². The first-order valence-electron chi connectivity index (χ1n) is 6.34. The number of aldehydes is 1. The maximum atomic E-state index is 10.7. The second-order valence-electron chi connectivity index (χ2n) is 3.82. The highest BCUT2D eigenvalue weighted by Gasteiger charge is 2.05. The van der Waals surface area contributed by atoms with Crippen LogP contribution in [0.5, 0.6) is 11.5 Å². The fraction of sp³-hybridized carbons (Fsp3) is 0.500. The van der Waals surface area contributed by atoms with Gasteiger partial charge in [0.2, 0.25) is 0 Å². The second kappa shape index (κ2) is 10.2. The van der Waals surface area contributed by atoms with Gasteiger partial charge in [-0.05, 0) is 18.2 Å². The molecule has 0 saturated heterocycles. The van der Waals surface area contributed by atoms with E-state index in [-0.39, 0.29) is 6.61 Å². The Morgan fingerprint density at radius 2 is 1.75 bits per heavy atom. The molecule has 0 aliphatic carbocycles. The van der Waals surface area contributed by atoms with E-state index in [2.05, 4.69) is 0 Å². The molecule has 0 bridgehead atoms. The topological polar surface area (TPSA) is 74.2 Å². The Bertz CT molecular complexity index is 393. The third-order valence-electron chi connectivity index (χ3n) is 2.42. The molecule has 0 radical (unpaired) electrons. The van der Waals surface area contributed by atoms with Crippen LogP contribution in [0.4, 0.5) is 0 Å². The number of ether oxygens (including phenoxy) is 4. The lowest BCUT2D eigenvalue weighted by atomic mass is 10.2. The maximum Gasteiger partial charge on any atom is 0.161 e. The van der Waals surface area contributed by atoms with E-state index in [0.29, 0.717) is 50.1 Å². The molecule has 0 unspecified atom stereocenters. The van der Waals surface area contributed by atoms with E-state index in [9.17, 15) is 4.79 Å². The van der Waals surface area contributed by atoms with Gasteiger partial charge in [0.25, 0.3) is 0 Å². The van der Waals surface area contributed by atoms with Gasteiger partial charge < -0.3 is 24.1 Å². The van der Waals surface area contributed by atoms with Crippen molar-refractivity contribution in [3.8, 4) is 11.5 Å². The molecule has 0 heterocycles. The van der Waals surface area contributed by atoms with E-state index >= 15 is 0 Å². The van der Waals surface area contributed by atoms with Gasteiger partial charge >= 0.3 is 0 Å². The number of carbonyl (C=O) groups excluding carboxylic acids is 1. The molecule has 0 fully saturated rings. The third-order valence-corrected chi connectivity index (χ3v) is 2.42. The van der Waals surface area contributed by atoms with Crippen LogP contribution in [0.15, 0.2) is 18.2 Å². The molecule has 1 N–H and O–H groups in total. The number of benzene rings is 1. The van der Waals surface area contributed by atoms with Crippen LogP contribution in [0.1, 0.15) is 10.4 Å². The van der Waals surface area contributed by atoms with Gasteiger partial charge in [0, 0.05) is 5.56 Å². The molecule has 20 heavy (non-hydrogen) atoms. The minimum atomic E-state index is 0.00990. The lowest BCUT2D eigenvalue weighted by Gasteiger charge is -2.11. The zero-order valence-electron chi connectivity index (χ0n) is 11.5. The largest absolute Gasteiger partial charge is 0.493 e. The Morgan fingerprint density at radius 3 is 2.40 bits per heavy atom. The van der Waals surface area contributed by atoms with Gasteiger partial charge in [0.1, 0.15) is 12.9 Å². The highest BCUT2D eigenvalue weighted by atomic mass is 16.6. The predicted molar refractivity (Wildman–Crippen MR) is 72.6 cm³/mol. The molecule has 0 aliphatic heterocycles. The van der Waals surface area contributed by atoms with Gasteiger partial charge in [-0.1, -0.05) is 0 Å².